The maximum atomic E-state index is 12.4. The number of benzene rings is 1. The molecule has 1 aromatic heterocycles. The first-order chi connectivity index (χ1) is 11.2. The van der Waals surface area contributed by atoms with Gasteiger partial charge in [-0.25, -0.2) is 0 Å². The molecule has 1 amide bonds. The summed E-state index contributed by atoms with van der Waals surface area (Å²) < 4.78 is 0. The van der Waals surface area contributed by atoms with Crippen molar-refractivity contribution in [3.63, 3.8) is 0 Å². The first-order valence-corrected chi connectivity index (χ1v) is 8.79. The number of carbonyl (C=O) groups is 1. The van der Waals surface area contributed by atoms with E-state index in [2.05, 4.69) is 10.5 Å². The van der Waals surface area contributed by atoms with Crippen LogP contribution in [0.15, 0.2) is 34.8 Å². The fraction of sp³-hybridized carbons (Fsp3) is 0.294. The number of hydrogen-bond acceptors (Lipinski definition) is 4. The van der Waals surface area contributed by atoms with Gasteiger partial charge in [0.05, 0.1) is 16.2 Å². The molecule has 1 aliphatic rings. The minimum atomic E-state index is -0.0596. The van der Waals surface area contributed by atoms with Crippen LogP contribution in [0.5, 0.6) is 0 Å². The van der Waals surface area contributed by atoms with E-state index in [0.29, 0.717) is 22.8 Å². The van der Waals surface area contributed by atoms with Crippen LogP contribution >= 0.6 is 22.9 Å². The lowest BCUT2D eigenvalue weighted by Gasteiger charge is -2.14. The van der Waals surface area contributed by atoms with Gasteiger partial charge in [0.1, 0.15) is 0 Å². The van der Waals surface area contributed by atoms with Gasteiger partial charge in [-0.15, -0.1) is 11.3 Å². The lowest BCUT2D eigenvalue weighted by Crippen LogP contribution is -2.26. The van der Waals surface area contributed by atoms with E-state index in [1.165, 1.54) is 11.3 Å². The Labute approximate surface area is 143 Å². The molecule has 3 rings (SSSR count). The molecule has 0 fully saturated rings. The molecule has 4 nitrogen and oxygen atoms in total. The summed E-state index contributed by atoms with van der Waals surface area (Å²) in [7, 11) is 0. The molecule has 1 aliphatic carbocycles. The van der Waals surface area contributed by atoms with Gasteiger partial charge in [0.25, 0.3) is 5.91 Å². The Morgan fingerprint density at radius 3 is 2.83 bits per heavy atom. The fourth-order valence-corrected chi connectivity index (χ4v) is 4.02. The van der Waals surface area contributed by atoms with E-state index in [0.717, 1.165) is 41.7 Å². The average Bonchev–Trinajstić information content (AvgIpc) is 3.00. The number of oxime groups is 1. The molecule has 1 heterocycles. The molecule has 6 heteroatoms. The lowest BCUT2D eigenvalue weighted by molar-refractivity contribution is 0.0953. The minimum absolute atomic E-state index is 0.0596. The molecular weight excluding hydrogens is 332 g/mol. The number of carbonyl (C=O) groups excluding carboxylic acids is 1. The third-order valence-electron chi connectivity index (χ3n) is 3.97. The van der Waals surface area contributed by atoms with Crippen molar-refractivity contribution in [1.82, 2.24) is 5.32 Å². The van der Waals surface area contributed by atoms with Gasteiger partial charge in [-0.2, -0.15) is 0 Å². The summed E-state index contributed by atoms with van der Waals surface area (Å²) in [5, 5.41) is 17.9. The predicted molar refractivity (Wildman–Crippen MR) is 93.1 cm³/mol. The summed E-state index contributed by atoms with van der Waals surface area (Å²) >= 11 is 7.34. The molecule has 120 valence electrons. The van der Waals surface area contributed by atoms with Crippen LogP contribution in [0.2, 0.25) is 5.02 Å². The molecule has 0 saturated heterocycles. The lowest BCUT2D eigenvalue weighted by atomic mass is 9.94. The second-order valence-electron chi connectivity index (χ2n) is 5.49. The second kappa shape index (κ2) is 7.15. The largest absolute Gasteiger partial charge is 0.411 e. The van der Waals surface area contributed by atoms with Gasteiger partial charge in [-0.1, -0.05) is 28.9 Å². The van der Waals surface area contributed by atoms with E-state index < -0.39 is 0 Å². The van der Waals surface area contributed by atoms with Crippen LogP contribution in [-0.2, 0) is 12.8 Å². The zero-order valence-corrected chi connectivity index (χ0v) is 14.1. The van der Waals surface area contributed by atoms with Gasteiger partial charge in [0.15, 0.2) is 0 Å². The van der Waals surface area contributed by atoms with Gasteiger partial charge in [0.2, 0.25) is 0 Å². The van der Waals surface area contributed by atoms with Crippen molar-refractivity contribution in [2.45, 2.75) is 25.7 Å². The van der Waals surface area contributed by atoms with Gasteiger partial charge >= 0.3 is 0 Å². The van der Waals surface area contributed by atoms with E-state index in [1.54, 1.807) is 0 Å². The van der Waals surface area contributed by atoms with Gasteiger partial charge in [0, 0.05) is 16.9 Å². The highest BCUT2D eigenvalue weighted by atomic mass is 35.5. The molecule has 1 aromatic carbocycles. The number of hydrogen-bond donors (Lipinski definition) is 2. The summed E-state index contributed by atoms with van der Waals surface area (Å²) in [5.74, 6) is -0.0596. The highest BCUT2D eigenvalue weighted by Gasteiger charge is 2.24. The van der Waals surface area contributed by atoms with Crippen LogP contribution in [0.25, 0.3) is 0 Å². The molecule has 0 unspecified atom stereocenters. The minimum Gasteiger partial charge on any atom is -0.411 e. The third kappa shape index (κ3) is 3.57. The van der Waals surface area contributed by atoms with Crippen LogP contribution in [0.1, 0.15) is 39.2 Å². The molecule has 0 atom stereocenters. The molecule has 0 spiro atoms. The van der Waals surface area contributed by atoms with E-state index in [-0.39, 0.29) is 5.91 Å². The van der Waals surface area contributed by atoms with E-state index >= 15 is 0 Å². The Hall–Kier alpha value is -1.85. The van der Waals surface area contributed by atoms with Gasteiger partial charge < -0.3 is 10.5 Å². The number of rotatable bonds is 4. The average molecular weight is 349 g/mol. The van der Waals surface area contributed by atoms with Crippen molar-refractivity contribution in [2.24, 2.45) is 5.16 Å². The molecule has 0 saturated carbocycles. The topological polar surface area (TPSA) is 61.7 Å². The monoisotopic (exact) mass is 348 g/mol. The predicted octanol–water partition coefficient (Wildman–Crippen LogP) is 3.89. The summed E-state index contributed by atoms with van der Waals surface area (Å²) in [6, 6.07) is 7.63. The summed E-state index contributed by atoms with van der Waals surface area (Å²) in [6.45, 7) is 0.575. The zero-order valence-electron chi connectivity index (χ0n) is 12.5. The smallest absolute Gasteiger partial charge is 0.252 e. The third-order valence-corrected chi connectivity index (χ3v) is 5.30. The zero-order chi connectivity index (χ0) is 16.2. The van der Waals surface area contributed by atoms with Crippen molar-refractivity contribution in [2.75, 3.05) is 6.54 Å². The van der Waals surface area contributed by atoms with E-state index in [4.69, 9.17) is 16.8 Å². The first kappa shape index (κ1) is 16.0. The molecule has 0 bridgehead atoms. The normalized spacial score (nSPS) is 15.4. The Morgan fingerprint density at radius 2 is 2.09 bits per heavy atom. The van der Waals surface area contributed by atoms with Crippen LogP contribution < -0.4 is 5.32 Å². The number of fused-ring (bicyclic) bond motifs is 1. The summed E-state index contributed by atoms with van der Waals surface area (Å²) in [4.78, 5) is 13.3. The van der Waals surface area contributed by atoms with Crippen LogP contribution in [0.4, 0.5) is 0 Å². The van der Waals surface area contributed by atoms with Gasteiger partial charge in [-0.05, 0) is 48.9 Å². The van der Waals surface area contributed by atoms with Crippen molar-refractivity contribution in [1.29, 1.82) is 0 Å². The maximum Gasteiger partial charge on any atom is 0.252 e. The molecular formula is C17H17ClN2O2S. The highest BCUT2D eigenvalue weighted by Crippen LogP contribution is 2.30. The molecule has 0 radical (unpaired) electrons. The van der Waals surface area contributed by atoms with Gasteiger partial charge in [-0.3, -0.25) is 4.79 Å². The molecule has 0 aliphatic heterocycles. The number of nitrogens with zero attached hydrogens (tertiary/aromatic N) is 1. The highest BCUT2D eigenvalue weighted by molar-refractivity contribution is 7.12. The molecule has 23 heavy (non-hydrogen) atoms. The quantitative estimate of drug-likeness (QED) is 0.650. The standard InChI is InChI=1S/C17H17ClN2O2S/c18-12-6-4-11(5-7-12)8-9-19-17(21)14-10-23-16-13(14)2-1-3-15(16)20-22/h4-7,10,22H,1-3,8-9H2,(H,19,21)/b20-15-. The molecule has 2 N–H and O–H groups in total. The SMILES string of the molecule is O=C(NCCc1ccc(Cl)cc1)c1csc2c1CCC/C2=N/O. The number of halogens is 1. The van der Waals surface area contributed by atoms with E-state index in [1.807, 2.05) is 29.6 Å². The Balaban J connectivity index is 1.63. The fourth-order valence-electron chi connectivity index (χ4n) is 2.77. The van der Waals surface area contributed by atoms with E-state index in [9.17, 15) is 4.79 Å². The Kier molecular flexibility index (Phi) is 4.98. The number of amides is 1. The Bertz CT molecular complexity index is 738. The second-order valence-corrected chi connectivity index (χ2v) is 6.81. The number of thiophene rings is 1. The number of nitrogens with one attached hydrogen (secondary N) is 1. The van der Waals surface area contributed by atoms with Crippen LogP contribution in [0.3, 0.4) is 0 Å². The van der Waals surface area contributed by atoms with Crippen molar-refractivity contribution in [3.8, 4) is 0 Å². The van der Waals surface area contributed by atoms with Crippen molar-refractivity contribution >= 4 is 34.6 Å². The Morgan fingerprint density at radius 1 is 1.30 bits per heavy atom. The summed E-state index contributed by atoms with van der Waals surface area (Å²) in [5.41, 5.74) is 3.55. The first-order valence-electron chi connectivity index (χ1n) is 7.53. The molecule has 2 aromatic rings. The van der Waals surface area contributed by atoms with Crippen molar-refractivity contribution < 1.29 is 10.0 Å². The maximum absolute atomic E-state index is 12.4. The summed E-state index contributed by atoms with van der Waals surface area (Å²) in [6.07, 6.45) is 3.30. The van der Waals surface area contributed by atoms with Crippen molar-refractivity contribution in [3.05, 3.63) is 56.2 Å². The van der Waals surface area contributed by atoms with Crippen LogP contribution in [-0.4, -0.2) is 23.4 Å². The van der Waals surface area contributed by atoms with Crippen LogP contribution in [0, 0.1) is 0 Å².